The number of carbonyl (C=O) groups excluding carboxylic acids is 1. The lowest BCUT2D eigenvalue weighted by molar-refractivity contribution is 0.0977. The molecule has 3 rings (SSSR count). The number of nitrogens with one attached hydrogen (secondary N) is 2. The number of halogens is 1. The van der Waals surface area contributed by atoms with E-state index < -0.39 is 0 Å². The van der Waals surface area contributed by atoms with E-state index in [1.165, 1.54) is 0 Å². The Bertz CT molecular complexity index is 983. The molecule has 0 unspecified atom stereocenters. The van der Waals surface area contributed by atoms with Crippen molar-refractivity contribution < 1.29 is 14.3 Å². The summed E-state index contributed by atoms with van der Waals surface area (Å²) in [6, 6.07) is 24.2. The second-order valence-corrected chi connectivity index (χ2v) is 7.58. The van der Waals surface area contributed by atoms with E-state index in [4.69, 9.17) is 21.7 Å². The zero-order valence-corrected chi connectivity index (χ0v) is 18.4. The summed E-state index contributed by atoms with van der Waals surface area (Å²) in [4.78, 5) is 12.3. The van der Waals surface area contributed by atoms with Crippen molar-refractivity contribution in [3.05, 3.63) is 88.0 Å². The van der Waals surface area contributed by atoms with Crippen molar-refractivity contribution in [2.45, 2.75) is 0 Å². The first-order valence-electron chi connectivity index (χ1n) is 8.89. The van der Waals surface area contributed by atoms with Gasteiger partial charge in [-0.2, -0.15) is 0 Å². The number of ether oxygens (including phenoxy) is 2. The SMILES string of the molecule is O=C(NC(=S)Nc1ccccc1OCCOc1ccccc1)c1cccc(I)c1. The number of benzene rings is 3. The lowest BCUT2D eigenvalue weighted by atomic mass is 10.2. The van der Waals surface area contributed by atoms with Gasteiger partial charge in [0.1, 0.15) is 24.7 Å². The highest BCUT2D eigenvalue weighted by Gasteiger charge is 2.10. The third-order valence-corrected chi connectivity index (χ3v) is 4.68. The van der Waals surface area contributed by atoms with Crippen molar-refractivity contribution in [2.75, 3.05) is 18.5 Å². The van der Waals surface area contributed by atoms with Crippen molar-refractivity contribution in [3.63, 3.8) is 0 Å². The molecule has 0 bridgehead atoms. The number of carbonyl (C=O) groups is 1. The summed E-state index contributed by atoms with van der Waals surface area (Å²) >= 11 is 7.44. The summed E-state index contributed by atoms with van der Waals surface area (Å²) in [6.07, 6.45) is 0. The van der Waals surface area contributed by atoms with Crippen molar-refractivity contribution in [1.82, 2.24) is 5.32 Å². The fourth-order valence-electron chi connectivity index (χ4n) is 2.48. The number of hydrogen-bond donors (Lipinski definition) is 2. The molecule has 0 aliphatic carbocycles. The van der Waals surface area contributed by atoms with E-state index >= 15 is 0 Å². The molecule has 5 nitrogen and oxygen atoms in total. The van der Waals surface area contributed by atoms with Gasteiger partial charge in [0, 0.05) is 9.13 Å². The number of para-hydroxylation sites is 3. The number of hydrogen-bond acceptors (Lipinski definition) is 4. The third-order valence-electron chi connectivity index (χ3n) is 3.80. The Kier molecular flexibility index (Phi) is 7.83. The predicted molar refractivity (Wildman–Crippen MR) is 127 cm³/mol. The first kappa shape index (κ1) is 21.1. The number of rotatable bonds is 7. The first-order chi connectivity index (χ1) is 14.1. The van der Waals surface area contributed by atoms with Crippen LogP contribution in [0, 0.1) is 3.57 Å². The van der Waals surface area contributed by atoms with Gasteiger partial charge < -0.3 is 14.8 Å². The second-order valence-electron chi connectivity index (χ2n) is 5.92. The van der Waals surface area contributed by atoms with Crippen LogP contribution in [-0.4, -0.2) is 24.2 Å². The molecule has 3 aromatic rings. The molecule has 7 heteroatoms. The normalized spacial score (nSPS) is 10.1. The quantitative estimate of drug-likeness (QED) is 0.266. The highest BCUT2D eigenvalue weighted by Crippen LogP contribution is 2.23. The Labute approximate surface area is 188 Å². The number of thiocarbonyl (C=S) groups is 1. The lowest BCUT2D eigenvalue weighted by Crippen LogP contribution is -2.34. The Morgan fingerprint density at radius 1 is 0.897 bits per heavy atom. The molecule has 0 radical (unpaired) electrons. The molecular weight excluding hydrogens is 499 g/mol. The Balaban J connectivity index is 1.52. The maximum absolute atomic E-state index is 12.3. The average molecular weight is 518 g/mol. The zero-order chi connectivity index (χ0) is 20.5. The Morgan fingerprint density at radius 2 is 1.62 bits per heavy atom. The molecule has 0 saturated carbocycles. The average Bonchev–Trinajstić information content (AvgIpc) is 2.73. The maximum atomic E-state index is 12.3. The van der Waals surface area contributed by atoms with Crippen LogP contribution in [0.5, 0.6) is 11.5 Å². The van der Waals surface area contributed by atoms with E-state index in [2.05, 4.69) is 33.2 Å². The van der Waals surface area contributed by atoms with E-state index in [0.717, 1.165) is 9.32 Å². The third kappa shape index (κ3) is 6.72. The van der Waals surface area contributed by atoms with Crippen molar-refractivity contribution in [1.29, 1.82) is 0 Å². The van der Waals surface area contributed by atoms with E-state index in [0.29, 0.717) is 30.2 Å². The summed E-state index contributed by atoms with van der Waals surface area (Å²) in [5, 5.41) is 5.90. The molecule has 0 spiro atoms. The van der Waals surface area contributed by atoms with E-state index in [-0.39, 0.29) is 11.0 Å². The summed E-state index contributed by atoms with van der Waals surface area (Å²) in [6.45, 7) is 0.779. The van der Waals surface area contributed by atoms with Gasteiger partial charge in [-0.25, -0.2) is 0 Å². The van der Waals surface area contributed by atoms with Crippen LogP contribution in [0.25, 0.3) is 0 Å². The molecule has 0 atom stereocenters. The topological polar surface area (TPSA) is 59.6 Å². The number of amides is 1. The van der Waals surface area contributed by atoms with Gasteiger partial charge >= 0.3 is 0 Å². The van der Waals surface area contributed by atoms with Gasteiger partial charge in [0.2, 0.25) is 0 Å². The fourth-order valence-corrected chi connectivity index (χ4v) is 3.23. The van der Waals surface area contributed by atoms with E-state index in [1.807, 2.05) is 66.7 Å². The lowest BCUT2D eigenvalue weighted by Gasteiger charge is -2.14. The van der Waals surface area contributed by atoms with Crippen LogP contribution < -0.4 is 20.1 Å². The molecule has 0 aliphatic rings. The maximum Gasteiger partial charge on any atom is 0.257 e. The van der Waals surface area contributed by atoms with Crippen LogP contribution in [0.2, 0.25) is 0 Å². The molecule has 0 aromatic heterocycles. The van der Waals surface area contributed by atoms with Crippen molar-refractivity contribution >= 4 is 51.5 Å². The highest BCUT2D eigenvalue weighted by molar-refractivity contribution is 14.1. The monoisotopic (exact) mass is 518 g/mol. The molecule has 0 saturated heterocycles. The van der Waals surface area contributed by atoms with Crippen LogP contribution in [-0.2, 0) is 0 Å². The molecular formula is C22H19IN2O3S. The van der Waals surface area contributed by atoms with Gasteiger partial charge in [-0.05, 0) is 77.3 Å². The molecule has 29 heavy (non-hydrogen) atoms. The molecule has 0 heterocycles. The van der Waals surface area contributed by atoms with Crippen LogP contribution in [0.3, 0.4) is 0 Å². The van der Waals surface area contributed by atoms with Gasteiger partial charge in [0.05, 0.1) is 5.69 Å². The largest absolute Gasteiger partial charge is 0.490 e. The molecule has 0 aliphatic heterocycles. The van der Waals surface area contributed by atoms with Gasteiger partial charge in [-0.15, -0.1) is 0 Å². The number of anilines is 1. The predicted octanol–water partition coefficient (Wildman–Crippen LogP) is 4.88. The fraction of sp³-hybridized carbons (Fsp3) is 0.0909. The highest BCUT2D eigenvalue weighted by atomic mass is 127. The van der Waals surface area contributed by atoms with Crippen LogP contribution in [0.1, 0.15) is 10.4 Å². The Morgan fingerprint density at radius 3 is 2.41 bits per heavy atom. The van der Waals surface area contributed by atoms with Gasteiger partial charge in [0.15, 0.2) is 5.11 Å². The van der Waals surface area contributed by atoms with E-state index in [9.17, 15) is 4.79 Å². The Hall–Kier alpha value is -2.65. The molecule has 3 aromatic carbocycles. The van der Waals surface area contributed by atoms with Gasteiger partial charge in [0.25, 0.3) is 5.91 Å². The first-order valence-corrected chi connectivity index (χ1v) is 10.4. The molecule has 2 N–H and O–H groups in total. The van der Waals surface area contributed by atoms with Crippen LogP contribution in [0.4, 0.5) is 5.69 Å². The summed E-state index contributed by atoms with van der Waals surface area (Å²) < 4.78 is 12.4. The standard InChI is InChI=1S/C22H19IN2O3S/c23-17-8-6-7-16(15-17)21(26)25-22(29)24-19-11-4-5-12-20(19)28-14-13-27-18-9-2-1-3-10-18/h1-12,15H,13-14H2,(H2,24,25,26,29). The van der Waals surface area contributed by atoms with Gasteiger partial charge in [-0.1, -0.05) is 36.4 Å². The molecule has 1 amide bonds. The summed E-state index contributed by atoms with van der Waals surface area (Å²) in [5.41, 5.74) is 1.21. The van der Waals surface area contributed by atoms with Crippen molar-refractivity contribution in [2.24, 2.45) is 0 Å². The molecule has 0 fully saturated rings. The van der Waals surface area contributed by atoms with Crippen LogP contribution >= 0.6 is 34.8 Å². The van der Waals surface area contributed by atoms with E-state index in [1.54, 1.807) is 12.1 Å². The van der Waals surface area contributed by atoms with Gasteiger partial charge in [-0.3, -0.25) is 10.1 Å². The smallest absolute Gasteiger partial charge is 0.257 e. The minimum atomic E-state index is -0.268. The summed E-state index contributed by atoms with van der Waals surface area (Å²) in [5.74, 6) is 1.15. The second kappa shape index (κ2) is 10.8. The molecule has 148 valence electrons. The minimum Gasteiger partial charge on any atom is -0.490 e. The zero-order valence-electron chi connectivity index (χ0n) is 15.4. The van der Waals surface area contributed by atoms with Crippen LogP contribution in [0.15, 0.2) is 78.9 Å². The van der Waals surface area contributed by atoms with Crippen molar-refractivity contribution in [3.8, 4) is 11.5 Å². The summed E-state index contributed by atoms with van der Waals surface area (Å²) in [7, 11) is 0. The minimum absolute atomic E-state index is 0.199.